The molecular weight excluding hydrogens is 248 g/mol. The van der Waals surface area contributed by atoms with Gasteiger partial charge in [0, 0.05) is 5.56 Å². The lowest BCUT2D eigenvalue weighted by atomic mass is 10.1. The molecule has 0 bridgehead atoms. The van der Waals surface area contributed by atoms with E-state index in [-0.39, 0.29) is 16.6 Å². The monoisotopic (exact) mass is 258 g/mol. The minimum Gasteiger partial charge on any atom is -0.506 e. The Bertz CT molecular complexity index is 589. The second kappa shape index (κ2) is 5.52. The summed E-state index contributed by atoms with van der Waals surface area (Å²) in [6.45, 7) is 0. The maximum Gasteiger partial charge on any atom is 0.185 e. The smallest absolute Gasteiger partial charge is 0.185 e. The molecule has 2 aromatic carbocycles. The van der Waals surface area contributed by atoms with Crippen LogP contribution in [0.2, 0.25) is 5.02 Å². The molecule has 0 radical (unpaired) electrons. The lowest BCUT2D eigenvalue weighted by Crippen LogP contribution is -1.93. The van der Waals surface area contributed by atoms with Crippen molar-refractivity contribution >= 4 is 23.5 Å². The van der Waals surface area contributed by atoms with E-state index in [2.05, 4.69) is 0 Å². The molecule has 2 nitrogen and oxygen atoms in total. The molecule has 3 heteroatoms. The van der Waals surface area contributed by atoms with Gasteiger partial charge in [-0.15, -0.1) is 0 Å². The van der Waals surface area contributed by atoms with Gasteiger partial charge in [0.1, 0.15) is 5.75 Å². The summed E-state index contributed by atoms with van der Waals surface area (Å²) in [7, 11) is 0. The van der Waals surface area contributed by atoms with E-state index in [0.29, 0.717) is 5.56 Å². The summed E-state index contributed by atoms with van der Waals surface area (Å²) in [5, 5.41) is 9.45. The number of halogens is 1. The summed E-state index contributed by atoms with van der Waals surface area (Å²) in [6.07, 6.45) is 3.22. The molecule has 90 valence electrons. The fourth-order valence-corrected chi connectivity index (χ4v) is 1.67. The maximum atomic E-state index is 11.9. The minimum atomic E-state index is -0.152. The predicted octanol–water partition coefficient (Wildman–Crippen LogP) is 3.94. The van der Waals surface area contributed by atoms with Crippen molar-refractivity contribution in [3.8, 4) is 5.75 Å². The molecule has 2 aromatic rings. The first-order chi connectivity index (χ1) is 8.66. The number of hydrogen-bond donors (Lipinski definition) is 1. The molecule has 0 aromatic heterocycles. The molecule has 0 aliphatic heterocycles. The van der Waals surface area contributed by atoms with Gasteiger partial charge in [-0.3, -0.25) is 4.79 Å². The highest BCUT2D eigenvalue weighted by molar-refractivity contribution is 6.32. The predicted molar refractivity (Wildman–Crippen MR) is 72.9 cm³/mol. The third kappa shape index (κ3) is 2.99. The average Bonchev–Trinajstić information content (AvgIpc) is 2.40. The van der Waals surface area contributed by atoms with E-state index in [1.807, 2.05) is 30.3 Å². The molecule has 0 spiro atoms. The molecule has 18 heavy (non-hydrogen) atoms. The third-order valence-corrected chi connectivity index (χ3v) is 2.76. The second-order valence-corrected chi connectivity index (χ2v) is 4.18. The minimum absolute atomic E-state index is 0.0275. The van der Waals surface area contributed by atoms with Crippen molar-refractivity contribution in [1.29, 1.82) is 0 Å². The number of rotatable bonds is 3. The van der Waals surface area contributed by atoms with Crippen LogP contribution in [0.3, 0.4) is 0 Å². The van der Waals surface area contributed by atoms with Gasteiger partial charge < -0.3 is 5.11 Å². The van der Waals surface area contributed by atoms with E-state index >= 15 is 0 Å². The van der Waals surface area contributed by atoms with Crippen LogP contribution in [0, 0.1) is 0 Å². The lowest BCUT2D eigenvalue weighted by molar-refractivity contribution is 0.104. The molecule has 2 rings (SSSR count). The topological polar surface area (TPSA) is 37.3 Å². The van der Waals surface area contributed by atoms with Crippen molar-refractivity contribution in [3.63, 3.8) is 0 Å². The summed E-state index contributed by atoms with van der Waals surface area (Å²) in [5.41, 5.74) is 1.40. The summed E-state index contributed by atoms with van der Waals surface area (Å²) in [6, 6.07) is 13.9. The van der Waals surface area contributed by atoms with Gasteiger partial charge in [-0.1, -0.05) is 48.0 Å². The molecule has 0 fully saturated rings. The fourth-order valence-electron chi connectivity index (χ4n) is 1.49. The number of phenolic OH excluding ortho intramolecular Hbond substituents is 1. The first-order valence-electron chi connectivity index (χ1n) is 5.43. The van der Waals surface area contributed by atoms with Gasteiger partial charge in [0.15, 0.2) is 5.78 Å². The Morgan fingerprint density at radius 3 is 2.50 bits per heavy atom. The lowest BCUT2D eigenvalue weighted by Gasteiger charge is -1.99. The Kier molecular flexibility index (Phi) is 3.80. The van der Waals surface area contributed by atoms with Gasteiger partial charge in [0.25, 0.3) is 0 Å². The van der Waals surface area contributed by atoms with E-state index in [4.69, 9.17) is 11.6 Å². The van der Waals surface area contributed by atoms with Crippen LogP contribution < -0.4 is 0 Å². The number of ketones is 1. The van der Waals surface area contributed by atoms with E-state index in [1.54, 1.807) is 12.1 Å². The van der Waals surface area contributed by atoms with Crippen LogP contribution in [0.5, 0.6) is 5.75 Å². The van der Waals surface area contributed by atoms with Gasteiger partial charge in [-0.25, -0.2) is 0 Å². The van der Waals surface area contributed by atoms with E-state index in [9.17, 15) is 9.90 Å². The molecule has 0 saturated carbocycles. The van der Waals surface area contributed by atoms with Gasteiger partial charge in [0.05, 0.1) is 5.02 Å². The normalized spacial score (nSPS) is 10.7. The molecule has 0 aliphatic rings. The van der Waals surface area contributed by atoms with Crippen molar-refractivity contribution in [1.82, 2.24) is 0 Å². The van der Waals surface area contributed by atoms with Crippen LogP contribution in [0.15, 0.2) is 54.6 Å². The number of benzene rings is 2. The standard InChI is InChI=1S/C15H11ClO2/c16-13-10-12(7-9-15(13)18)14(17)8-6-11-4-2-1-3-5-11/h1-10,18H. The van der Waals surface area contributed by atoms with Gasteiger partial charge in [-0.2, -0.15) is 0 Å². The number of carbonyl (C=O) groups excluding carboxylic acids is 1. The third-order valence-electron chi connectivity index (χ3n) is 2.46. The Morgan fingerprint density at radius 1 is 1.11 bits per heavy atom. The number of carbonyl (C=O) groups is 1. The molecule has 1 N–H and O–H groups in total. The number of aromatic hydroxyl groups is 1. The SMILES string of the molecule is O=C(C=Cc1ccccc1)c1ccc(O)c(Cl)c1. The fraction of sp³-hybridized carbons (Fsp3) is 0. The van der Waals surface area contributed by atoms with E-state index in [0.717, 1.165) is 5.56 Å². The number of phenols is 1. The van der Waals surface area contributed by atoms with Crippen LogP contribution in [-0.4, -0.2) is 10.9 Å². The van der Waals surface area contributed by atoms with Crippen LogP contribution in [0.25, 0.3) is 6.08 Å². The molecule has 0 unspecified atom stereocenters. The summed E-state index contributed by atoms with van der Waals surface area (Å²) in [4.78, 5) is 11.9. The van der Waals surface area contributed by atoms with Gasteiger partial charge in [0.2, 0.25) is 0 Å². The molecule has 0 heterocycles. The van der Waals surface area contributed by atoms with Crippen LogP contribution in [-0.2, 0) is 0 Å². The van der Waals surface area contributed by atoms with E-state index < -0.39 is 0 Å². The summed E-state index contributed by atoms with van der Waals surface area (Å²) < 4.78 is 0. The van der Waals surface area contributed by atoms with Gasteiger partial charge >= 0.3 is 0 Å². The largest absolute Gasteiger partial charge is 0.506 e. The molecule has 0 aliphatic carbocycles. The highest BCUT2D eigenvalue weighted by atomic mass is 35.5. The van der Waals surface area contributed by atoms with Crippen molar-refractivity contribution < 1.29 is 9.90 Å². The zero-order valence-corrected chi connectivity index (χ0v) is 10.3. The molecule has 0 atom stereocenters. The molecule has 0 amide bonds. The second-order valence-electron chi connectivity index (χ2n) is 3.77. The van der Waals surface area contributed by atoms with E-state index in [1.165, 1.54) is 18.2 Å². The first kappa shape index (κ1) is 12.4. The number of allylic oxidation sites excluding steroid dienone is 1. The highest BCUT2D eigenvalue weighted by Gasteiger charge is 2.05. The Balaban J connectivity index is 2.17. The Morgan fingerprint density at radius 2 is 1.83 bits per heavy atom. The van der Waals surface area contributed by atoms with Crippen molar-refractivity contribution in [2.24, 2.45) is 0 Å². The van der Waals surface area contributed by atoms with Crippen LogP contribution in [0.4, 0.5) is 0 Å². The Hall–Kier alpha value is -2.06. The quantitative estimate of drug-likeness (QED) is 0.669. The summed E-state index contributed by atoms with van der Waals surface area (Å²) in [5.74, 6) is -0.180. The van der Waals surface area contributed by atoms with Crippen LogP contribution >= 0.6 is 11.6 Å². The maximum absolute atomic E-state index is 11.9. The first-order valence-corrected chi connectivity index (χ1v) is 5.80. The van der Waals surface area contributed by atoms with Gasteiger partial charge in [-0.05, 0) is 29.8 Å². The molecule has 0 saturated heterocycles. The van der Waals surface area contributed by atoms with Crippen molar-refractivity contribution in [2.75, 3.05) is 0 Å². The average molecular weight is 259 g/mol. The Labute approximate surface area is 110 Å². The zero-order valence-electron chi connectivity index (χ0n) is 9.51. The molecular formula is C15H11ClO2. The van der Waals surface area contributed by atoms with Crippen LogP contribution in [0.1, 0.15) is 15.9 Å². The summed E-state index contributed by atoms with van der Waals surface area (Å²) >= 11 is 5.75. The van der Waals surface area contributed by atoms with Crippen molar-refractivity contribution in [3.05, 3.63) is 70.8 Å². The highest BCUT2D eigenvalue weighted by Crippen LogP contribution is 2.24. The van der Waals surface area contributed by atoms with Crippen molar-refractivity contribution in [2.45, 2.75) is 0 Å². The number of hydrogen-bond acceptors (Lipinski definition) is 2. The zero-order chi connectivity index (χ0) is 13.0.